The first-order valence-corrected chi connectivity index (χ1v) is 11.4. The smallest absolute Gasteiger partial charge is 0.395 e. The first-order chi connectivity index (χ1) is 13.0. The quantitative estimate of drug-likeness (QED) is 0.770. The number of pyridine rings is 1. The average Bonchev–Trinajstić information content (AvgIpc) is 3.47. The summed E-state index contributed by atoms with van der Waals surface area (Å²) in [5.74, 6) is 1.56. The van der Waals surface area contributed by atoms with E-state index in [9.17, 15) is 9.26 Å². The number of fused-ring (bicyclic) bond motifs is 1. The van der Waals surface area contributed by atoms with Crippen molar-refractivity contribution in [3.05, 3.63) is 33.9 Å². The molecule has 0 aromatic carbocycles. The van der Waals surface area contributed by atoms with E-state index in [4.69, 9.17) is 4.74 Å². The molecule has 0 amide bonds. The number of rotatable bonds is 6. The molecule has 2 aliphatic rings. The summed E-state index contributed by atoms with van der Waals surface area (Å²) < 4.78 is 19.3. The molecule has 2 heterocycles. The lowest BCUT2D eigenvalue weighted by molar-refractivity contribution is 0.299. The summed E-state index contributed by atoms with van der Waals surface area (Å²) in [6.45, 7) is 2.26. The normalized spacial score (nSPS) is 15.9. The molecule has 0 radical (unpaired) electrons. The fourth-order valence-electron chi connectivity index (χ4n) is 3.56. The van der Waals surface area contributed by atoms with E-state index < -0.39 is 8.84 Å². The number of nitrogens with zero attached hydrogens (tertiary/aromatic N) is 3. The maximum absolute atomic E-state index is 12.6. The van der Waals surface area contributed by atoms with Crippen LogP contribution in [0.2, 0.25) is 6.55 Å². The zero-order valence-corrected chi connectivity index (χ0v) is 16.7. The minimum Gasteiger partial charge on any atom is -0.489 e. The van der Waals surface area contributed by atoms with Gasteiger partial charge in [-0.3, -0.25) is 4.79 Å². The highest BCUT2D eigenvalue weighted by molar-refractivity contribution is 6.45. The largest absolute Gasteiger partial charge is 0.489 e. The fourth-order valence-corrected chi connectivity index (χ4v) is 4.00. The Balaban J connectivity index is 1.83. The lowest BCUT2D eigenvalue weighted by Crippen LogP contribution is -2.26. The summed E-state index contributed by atoms with van der Waals surface area (Å²) in [6.07, 6.45) is 9.64. The Morgan fingerprint density at radius 2 is 2.04 bits per heavy atom. The lowest BCUT2D eigenvalue weighted by Gasteiger charge is -2.21. The minimum atomic E-state index is -1.97. The van der Waals surface area contributed by atoms with Gasteiger partial charge in [0.25, 0.3) is 5.56 Å². The van der Waals surface area contributed by atoms with Crippen molar-refractivity contribution in [1.29, 1.82) is 0 Å². The van der Waals surface area contributed by atoms with E-state index in [2.05, 4.69) is 15.0 Å². The van der Waals surface area contributed by atoms with Gasteiger partial charge in [0.2, 0.25) is 5.95 Å². The van der Waals surface area contributed by atoms with Gasteiger partial charge in [-0.05, 0) is 56.6 Å². The Hall–Kier alpha value is -2.35. The van der Waals surface area contributed by atoms with Crippen molar-refractivity contribution in [2.75, 3.05) is 11.6 Å². The zero-order chi connectivity index (χ0) is 19.0. The lowest BCUT2D eigenvalue weighted by atomic mass is 9.88. The van der Waals surface area contributed by atoms with E-state index in [-0.39, 0.29) is 5.56 Å². The SMILES string of the molecule is Cn1cc(-c2nc(N[Si](C)=O)ncc2OCC2CC2)c2c(c1=O)CCCC2. The molecule has 0 atom stereocenters. The number of hydrogen-bond acceptors (Lipinski definition) is 5. The van der Waals surface area contributed by atoms with Gasteiger partial charge in [0.1, 0.15) is 5.69 Å². The highest BCUT2D eigenvalue weighted by Crippen LogP contribution is 2.36. The van der Waals surface area contributed by atoms with Crippen molar-refractivity contribution in [2.45, 2.75) is 45.1 Å². The summed E-state index contributed by atoms with van der Waals surface area (Å²) in [4.78, 5) is 24.3. The molecule has 1 fully saturated rings. The van der Waals surface area contributed by atoms with E-state index >= 15 is 0 Å². The molecule has 2 aromatic rings. The van der Waals surface area contributed by atoms with Gasteiger partial charge < -0.3 is 18.7 Å². The summed E-state index contributed by atoms with van der Waals surface area (Å²) >= 11 is 0. The van der Waals surface area contributed by atoms with E-state index in [1.165, 1.54) is 12.8 Å². The Morgan fingerprint density at radius 1 is 1.30 bits per heavy atom. The third-order valence-corrected chi connectivity index (χ3v) is 5.74. The standard InChI is InChI=1S/C19H24N4O3Si/c1-23-10-15(13-5-3-4-6-14(13)18(23)24)17-16(26-11-12-7-8-12)9-20-19(21-17)22-27(2)25/h9-10,12H,3-8,11H2,1-2H3,(H,20,21,22). The minimum absolute atomic E-state index is 0.0694. The van der Waals surface area contributed by atoms with Crippen LogP contribution < -0.4 is 15.3 Å². The molecule has 0 saturated heterocycles. The van der Waals surface area contributed by atoms with Crippen molar-refractivity contribution in [1.82, 2.24) is 14.5 Å². The zero-order valence-electron chi connectivity index (χ0n) is 15.7. The van der Waals surface area contributed by atoms with Crippen LogP contribution in [0, 0.1) is 5.92 Å². The van der Waals surface area contributed by atoms with Crippen LogP contribution in [-0.2, 0) is 24.4 Å². The van der Waals surface area contributed by atoms with Crippen LogP contribution in [0.5, 0.6) is 5.75 Å². The first kappa shape index (κ1) is 18.0. The molecular formula is C19H24N4O3Si. The van der Waals surface area contributed by atoms with Crippen LogP contribution >= 0.6 is 0 Å². The predicted molar refractivity (Wildman–Crippen MR) is 103 cm³/mol. The molecule has 0 spiro atoms. The van der Waals surface area contributed by atoms with Crippen LogP contribution in [-0.4, -0.2) is 30.0 Å². The molecule has 0 aliphatic heterocycles. The third-order valence-electron chi connectivity index (χ3n) is 5.16. The highest BCUT2D eigenvalue weighted by atomic mass is 28.3. The molecule has 4 rings (SSSR count). The van der Waals surface area contributed by atoms with Gasteiger partial charge in [-0.1, -0.05) is 0 Å². The Kier molecular flexibility index (Phi) is 4.90. The summed E-state index contributed by atoms with van der Waals surface area (Å²) in [5, 5.41) is 0. The van der Waals surface area contributed by atoms with Crippen molar-refractivity contribution >= 4 is 14.8 Å². The van der Waals surface area contributed by atoms with Gasteiger partial charge in [-0.2, -0.15) is 0 Å². The van der Waals surface area contributed by atoms with Crippen LogP contribution in [0.25, 0.3) is 11.3 Å². The van der Waals surface area contributed by atoms with Crippen molar-refractivity contribution in [2.24, 2.45) is 13.0 Å². The van der Waals surface area contributed by atoms with E-state index in [1.807, 2.05) is 6.20 Å². The van der Waals surface area contributed by atoms with Gasteiger partial charge in [-0.25, -0.2) is 9.97 Å². The number of ether oxygens (including phenoxy) is 1. The van der Waals surface area contributed by atoms with Crippen molar-refractivity contribution in [3.8, 4) is 17.0 Å². The number of aryl methyl sites for hydroxylation is 1. The topological polar surface area (TPSA) is 86.1 Å². The molecule has 0 unspecified atom stereocenters. The molecule has 1 N–H and O–H groups in total. The molecule has 142 valence electrons. The van der Waals surface area contributed by atoms with E-state index in [0.717, 1.165) is 42.4 Å². The fraction of sp³-hybridized carbons (Fsp3) is 0.526. The Morgan fingerprint density at radius 3 is 2.74 bits per heavy atom. The second-order valence-corrected chi connectivity index (χ2v) is 8.83. The van der Waals surface area contributed by atoms with Gasteiger partial charge in [-0.15, -0.1) is 0 Å². The highest BCUT2D eigenvalue weighted by Gasteiger charge is 2.25. The molecule has 1 saturated carbocycles. The summed E-state index contributed by atoms with van der Waals surface area (Å²) in [7, 11) is -0.191. The van der Waals surface area contributed by atoms with Gasteiger partial charge in [0, 0.05) is 24.4 Å². The first-order valence-electron chi connectivity index (χ1n) is 9.52. The second kappa shape index (κ2) is 7.34. The molecule has 2 aliphatic carbocycles. The van der Waals surface area contributed by atoms with Crippen LogP contribution in [0.15, 0.2) is 17.2 Å². The molecule has 8 heteroatoms. The van der Waals surface area contributed by atoms with Crippen molar-refractivity contribution in [3.63, 3.8) is 0 Å². The molecule has 0 bridgehead atoms. The number of anilines is 1. The van der Waals surface area contributed by atoms with E-state index in [0.29, 0.717) is 29.9 Å². The van der Waals surface area contributed by atoms with Crippen LogP contribution in [0.1, 0.15) is 36.8 Å². The predicted octanol–water partition coefficient (Wildman–Crippen LogP) is 2.47. The van der Waals surface area contributed by atoms with Crippen LogP contribution in [0.3, 0.4) is 0 Å². The molecule has 27 heavy (non-hydrogen) atoms. The summed E-state index contributed by atoms with van der Waals surface area (Å²) in [6, 6.07) is 0. The monoisotopic (exact) mass is 384 g/mol. The number of aromatic nitrogens is 3. The van der Waals surface area contributed by atoms with Gasteiger partial charge in [0.05, 0.1) is 12.8 Å². The number of nitrogens with one attached hydrogen (secondary N) is 1. The van der Waals surface area contributed by atoms with Gasteiger partial charge >= 0.3 is 8.84 Å². The van der Waals surface area contributed by atoms with Crippen LogP contribution in [0.4, 0.5) is 5.95 Å². The Bertz CT molecular complexity index is 953. The Labute approximate surface area is 159 Å². The number of hydrogen-bond donors (Lipinski definition) is 1. The maximum Gasteiger partial charge on any atom is 0.395 e. The average molecular weight is 385 g/mol. The van der Waals surface area contributed by atoms with E-state index in [1.54, 1.807) is 24.4 Å². The molecular weight excluding hydrogens is 360 g/mol. The maximum atomic E-state index is 12.6. The van der Waals surface area contributed by atoms with Gasteiger partial charge in [0.15, 0.2) is 5.75 Å². The van der Waals surface area contributed by atoms with Crippen molar-refractivity contribution < 1.29 is 9.20 Å². The molecule has 2 aromatic heterocycles. The molecule has 7 nitrogen and oxygen atoms in total. The third kappa shape index (κ3) is 3.85. The summed E-state index contributed by atoms with van der Waals surface area (Å²) in [5.41, 5.74) is 3.60. The second-order valence-electron chi connectivity index (χ2n) is 7.47.